The lowest BCUT2D eigenvalue weighted by molar-refractivity contribution is 0.242. The van der Waals surface area contributed by atoms with Crippen LogP contribution in [0.1, 0.15) is 25.2 Å². The molecule has 2 N–H and O–H groups in total. The smallest absolute Gasteiger partial charge is 0.171 e. The van der Waals surface area contributed by atoms with E-state index >= 15 is 0 Å². The summed E-state index contributed by atoms with van der Waals surface area (Å²) in [4.78, 5) is 4.25. The summed E-state index contributed by atoms with van der Waals surface area (Å²) in [6.07, 6.45) is 3.90. The third kappa shape index (κ3) is 5.31. The Balaban J connectivity index is 1.54. The van der Waals surface area contributed by atoms with E-state index in [9.17, 15) is 0 Å². The van der Waals surface area contributed by atoms with Gasteiger partial charge in [-0.3, -0.25) is 0 Å². The molecule has 0 atom stereocenters. The highest BCUT2D eigenvalue weighted by Gasteiger charge is 2.03. The summed E-state index contributed by atoms with van der Waals surface area (Å²) in [5.41, 5.74) is 3.14. The third-order valence-corrected chi connectivity index (χ3v) is 4.20. The number of imidazole rings is 1. The number of anilines is 1. The summed E-state index contributed by atoms with van der Waals surface area (Å²) >= 11 is 5.40. The van der Waals surface area contributed by atoms with Gasteiger partial charge >= 0.3 is 0 Å². The molecule has 3 aromatic rings. The first-order valence-corrected chi connectivity index (χ1v) is 9.33. The maximum atomic E-state index is 5.71. The van der Waals surface area contributed by atoms with E-state index in [2.05, 4.69) is 44.5 Å². The van der Waals surface area contributed by atoms with Crippen LogP contribution >= 0.6 is 12.2 Å². The summed E-state index contributed by atoms with van der Waals surface area (Å²) in [6.45, 7) is 6.65. The first kappa shape index (κ1) is 18.9. The summed E-state index contributed by atoms with van der Waals surface area (Å²) in [7, 11) is 0. The lowest BCUT2D eigenvalue weighted by atomic mass is 10.2. The number of benzene rings is 2. The van der Waals surface area contributed by atoms with Crippen LogP contribution in [-0.4, -0.2) is 20.8 Å². The number of rotatable bonds is 6. The highest BCUT2D eigenvalue weighted by Crippen LogP contribution is 2.18. The zero-order valence-electron chi connectivity index (χ0n) is 15.8. The van der Waals surface area contributed by atoms with Gasteiger partial charge in [-0.25, -0.2) is 4.98 Å². The fraction of sp³-hybridized carbons (Fsp3) is 0.238. The summed E-state index contributed by atoms with van der Waals surface area (Å²) in [5.74, 6) is 1.79. The molecule has 1 heterocycles. The van der Waals surface area contributed by atoms with Crippen molar-refractivity contribution in [3.63, 3.8) is 0 Å². The number of ether oxygens (including phenoxy) is 1. The van der Waals surface area contributed by atoms with Crippen molar-refractivity contribution in [3.05, 3.63) is 72.3 Å². The van der Waals surface area contributed by atoms with Gasteiger partial charge in [0.25, 0.3) is 0 Å². The van der Waals surface area contributed by atoms with E-state index in [1.54, 1.807) is 6.20 Å². The van der Waals surface area contributed by atoms with Crippen LogP contribution in [0.2, 0.25) is 0 Å². The Morgan fingerprint density at radius 3 is 2.63 bits per heavy atom. The molecule has 0 bridgehead atoms. The quantitative estimate of drug-likeness (QED) is 0.619. The lowest BCUT2D eigenvalue weighted by Crippen LogP contribution is -2.27. The summed E-state index contributed by atoms with van der Waals surface area (Å²) in [5, 5.41) is 7.00. The zero-order valence-corrected chi connectivity index (χ0v) is 16.6. The molecule has 0 aliphatic heterocycles. The topological polar surface area (TPSA) is 51.1 Å². The summed E-state index contributed by atoms with van der Waals surface area (Å²) in [6, 6.07) is 16.1. The van der Waals surface area contributed by atoms with E-state index in [4.69, 9.17) is 17.0 Å². The Hall–Kier alpha value is -2.86. The van der Waals surface area contributed by atoms with E-state index in [1.165, 1.54) is 0 Å². The van der Waals surface area contributed by atoms with Crippen LogP contribution < -0.4 is 15.4 Å². The minimum Gasteiger partial charge on any atom is -0.491 e. The zero-order chi connectivity index (χ0) is 19.2. The molecule has 0 spiro atoms. The van der Waals surface area contributed by atoms with Gasteiger partial charge in [0.15, 0.2) is 5.11 Å². The van der Waals surface area contributed by atoms with Crippen molar-refractivity contribution in [2.75, 3.05) is 5.32 Å². The third-order valence-electron chi connectivity index (χ3n) is 3.96. The average Bonchev–Trinajstić information content (AvgIpc) is 3.06. The molecule has 0 unspecified atom stereocenters. The lowest BCUT2D eigenvalue weighted by Gasteiger charge is -2.14. The average molecular weight is 381 g/mol. The Morgan fingerprint density at radius 2 is 1.96 bits per heavy atom. The van der Waals surface area contributed by atoms with Crippen LogP contribution in [0.3, 0.4) is 0 Å². The Morgan fingerprint density at radius 1 is 1.19 bits per heavy atom. The molecule has 1 aromatic heterocycles. The van der Waals surface area contributed by atoms with E-state index in [1.807, 2.05) is 51.2 Å². The maximum absolute atomic E-state index is 5.71. The highest BCUT2D eigenvalue weighted by atomic mass is 32.1. The van der Waals surface area contributed by atoms with Gasteiger partial charge in [-0.15, -0.1) is 0 Å². The number of thiocarbonyl (C=S) groups is 1. The van der Waals surface area contributed by atoms with Crippen molar-refractivity contribution in [1.82, 2.24) is 14.9 Å². The van der Waals surface area contributed by atoms with Crippen LogP contribution in [-0.2, 0) is 6.54 Å². The highest BCUT2D eigenvalue weighted by molar-refractivity contribution is 7.80. The molecule has 3 rings (SSSR count). The minimum atomic E-state index is 0.138. The molecule has 0 saturated carbocycles. The molecular formula is C21H24N4OS. The van der Waals surface area contributed by atoms with Gasteiger partial charge in [-0.05, 0) is 62.8 Å². The van der Waals surface area contributed by atoms with E-state index < -0.39 is 0 Å². The van der Waals surface area contributed by atoms with Crippen LogP contribution in [0.5, 0.6) is 5.75 Å². The van der Waals surface area contributed by atoms with Gasteiger partial charge in [0.1, 0.15) is 11.6 Å². The van der Waals surface area contributed by atoms with Crippen molar-refractivity contribution < 1.29 is 4.74 Å². The van der Waals surface area contributed by atoms with E-state index in [0.29, 0.717) is 11.7 Å². The fourth-order valence-corrected chi connectivity index (χ4v) is 2.89. The van der Waals surface area contributed by atoms with E-state index in [-0.39, 0.29) is 6.10 Å². The molecule has 0 saturated heterocycles. The predicted molar refractivity (Wildman–Crippen MR) is 114 cm³/mol. The molecule has 27 heavy (non-hydrogen) atoms. The van der Waals surface area contributed by atoms with Crippen molar-refractivity contribution in [3.8, 4) is 11.4 Å². The first-order chi connectivity index (χ1) is 13.0. The molecule has 140 valence electrons. The molecule has 0 radical (unpaired) electrons. The van der Waals surface area contributed by atoms with Gasteiger partial charge in [0, 0.05) is 36.4 Å². The number of hydrogen-bond acceptors (Lipinski definition) is 3. The van der Waals surface area contributed by atoms with Crippen molar-refractivity contribution in [2.24, 2.45) is 0 Å². The Bertz CT molecular complexity index is 903. The Kier molecular flexibility index (Phi) is 6.08. The number of nitrogens with one attached hydrogen (secondary N) is 2. The van der Waals surface area contributed by atoms with Crippen LogP contribution in [0.4, 0.5) is 5.69 Å². The molecular weight excluding hydrogens is 356 g/mol. The second kappa shape index (κ2) is 8.68. The van der Waals surface area contributed by atoms with Crippen LogP contribution in [0.25, 0.3) is 5.69 Å². The van der Waals surface area contributed by atoms with Gasteiger partial charge in [-0.1, -0.05) is 18.2 Å². The first-order valence-electron chi connectivity index (χ1n) is 8.92. The maximum Gasteiger partial charge on any atom is 0.171 e. The number of aryl methyl sites for hydroxylation is 1. The molecule has 5 nitrogen and oxygen atoms in total. The normalized spacial score (nSPS) is 10.7. The molecule has 0 fully saturated rings. The number of aromatic nitrogens is 2. The molecule has 0 aliphatic carbocycles. The fourth-order valence-electron chi connectivity index (χ4n) is 2.70. The Labute approximate surface area is 165 Å². The largest absolute Gasteiger partial charge is 0.491 e. The van der Waals surface area contributed by atoms with Crippen molar-refractivity contribution >= 4 is 23.0 Å². The second-order valence-electron chi connectivity index (χ2n) is 6.51. The molecule has 0 amide bonds. The molecule has 6 heteroatoms. The summed E-state index contributed by atoms with van der Waals surface area (Å²) < 4.78 is 7.76. The predicted octanol–water partition coefficient (Wildman–Crippen LogP) is 4.45. The second-order valence-corrected chi connectivity index (χ2v) is 6.92. The number of nitrogens with zero attached hydrogens (tertiary/aromatic N) is 2. The standard InChI is InChI=1S/C21H24N4OS/c1-15(2)26-20-6-4-5-18(13-20)24-21(27)23-14-17-7-9-19(10-8-17)25-12-11-22-16(25)3/h4-13,15H,14H2,1-3H3,(H2,23,24,27). The van der Waals surface area contributed by atoms with Crippen molar-refractivity contribution in [1.29, 1.82) is 0 Å². The van der Waals surface area contributed by atoms with Gasteiger partial charge in [0.05, 0.1) is 6.10 Å². The molecule has 0 aliphatic rings. The van der Waals surface area contributed by atoms with Gasteiger partial charge < -0.3 is 19.9 Å². The van der Waals surface area contributed by atoms with Crippen LogP contribution in [0, 0.1) is 6.92 Å². The van der Waals surface area contributed by atoms with E-state index in [0.717, 1.165) is 28.5 Å². The van der Waals surface area contributed by atoms with Gasteiger partial charge in [0.2, 0.25) is 0 Å². The SMILES string of the molecule is Cc1nccn1-c1ccc(CNC(=S)Nc2cccc(OC(C)C)c2)cc1. The van der Waals surface area contributed by atoms with Crippen LogP contribution in [0.15, 0.2) is 60.9 Å². The van der Waals surface area contributed by atoms with Gasteiger partial charge in [-0.2, -0.15) is 0 Å². The van der Waals surface area contributed by atoms with Crippen molar-refractivity contribution in [2.45, 2.75) is 33.4 Å². The molecule has 2 aromatic carbocycles. The monoisotopic (exact) mass is 380 g/mol. The number of hydrogen-bond donors (Lipinski definition) is 2. The minimum absolute atomic E-state index is 0.138.